The van der Waals surface area contributed by atoms with Gasteiger partial charge in [0.25, 0.3) is 5.91 Å². The number of thiazole rings is 1. The van der Waals surface area contributed by atoms with Crippen molar-refractivity contribution < 1.29 is 9.53 Å². The maximum atomic E-state index is 12.8. The molecule has 1 amide bonds. The van der Waals surface area contributed by atoms with Crippen molar-refractivity contribution in [1.82, 2.24) is 4.98 Å². The molecule has 0 aliphatic carbocycles. The fraction of sp³-hybridized carbons (Fsp3) is 0.0556. The van der Waals surface area contributed by atoms with Gasteiger partial charge in [-0.1, -0.05) is 35.6 Å². The van der Waals surface area contributed by atoms with E-state index in [1.165, 1.54) is 22.5 Å². The molecule has 2 heterocycles. The summed E-state index contributed by atoms with van der Waals surface area (Å²) < 4.78 is 6.37. The Hall–Kier alpha value is -3.19. The van der Waals surface area contributed by atoms with Crippen LogP contribution < -0.4 is 15.5 Å². The number of anilines is 1. The number of carbonyl (C=O) groups is 1. The first-order valence-electron chi connectivity index (χ1n) is 7.57. The Balaban J connectivity index is 1.84. The SMILES string of the molecule is COc1ccccc1C1=NN(c2nc3ccccc3s2)C(=O)C1=CN. The van der Waals surface area contributed by atoms with Crippen molar-refractivity contribution in [3.05, 3.63) is 65.9 Å². The van der Waals surface area contributed by atoms with E-state index in [0.717, 1.165) is 10.2 Å². The summed E-state index contributed by atoms with van der Waals surface area (Å²) in [6.45, 7) is 0. The number of ether oxygens (including phenoxy) is 1. The molecule has 3 aromatic rings. The van der Waals surface area contributed by atoms with Gasteiger partial charge in [0.1, 0.15) is 11.5 Å². The van der Waals surface area contributed by atoms with Crippen LogP contribution in [0.3, 0.4) is 0 Å². The van der Waals surface area contributed by atoms with Crippen LogP contribution in [0.25, 0.3) is 10.2 Å². The summed E-state index contributed by atoms with van der Waals surface area (Å²) in [5, 5.41) is 6.29. The molecule has 0 saturated heterocycles. The van der Waals surface area contributed by atoms with Crippen molar-refractivity contribution in [2.75, 3.05) is 12.1 Å². The molecule has 1 aliphatic heterocycles. The van der Waals surface area contributed by atoms with Gasteiger partial charge in [-0.3, -0.25) is 4.79 Å². The van der Waals surface area contributed by atoms with Crippen molar-refractivity contribution in [3.63, 3.8) is 0 Å². The van der Waals surface area contributed by atoms with Crippen LogP contribution >= 0.6 is 11.3 Å². The molecule has 0 bridgehead atoms. The number of rotatable bonds is 3. The zero-order valence-corrected chi connectivity index (χ0v) is 14.2. The van der Waals surface area contributed by atoms with E-state index in [9.17, 15) is 4.79 Å². The minimum Gasteiger partial charge on any atom is -0.496 e. The Morgan fingerprint density at radius 1 is 1.16 bits per heavy atom. The number of hydrazone groups is 1. The second-order valence-corrected chi connectivity index (χ2v) is 6.32. The Morgan fingerprint density at radius 2 is 1.92 bits per heavy atom. The first-order valence-corrected chi connectivity index (χ1v) is 8.39. The normalized spacial score (nSPS) is 15.9. The van der Waals surface area contributed by atoms with E-state index >= 15 is 0 Å². The number of nitrogens with zero attached hydrogens (tertiary/aromatic N) is 3. The van der Waals surface area contributed by atoms with E-state index in [1.54, 1.807) is 7.11 Å². The van der Waals surface area contributed by atoms with Gasteiger partial charge >= 0.3 is 0 Å². The molecule has 25 heavy (non-hydrogen) atoms. The third kappa shape index (κ3) is 2.45. The fourth-order valence-corrected chi connectivity index (χ4v) is 3.60. The largest absolute Gasteiger partial charge is 0.496 e. The lowest BCUT2D eigenvalue weighted by Crippen LogP contribution is -2.21. The molecular weight excluding hydrogens is 336 g/mol. The second-order valence-electron chi connectivity index (χ2n) is 5.31. The maximum Gasteiger partial charge on any atom is 0.284 e. The number of carbonyl (C=O) groups excluding carboxylic acids is 1. The second kappa shape index (κ2) is 6.03. The molecule has 124 valence electrons. The monoisotopic (exact) mass is 350 g/mol. The van der Waals surface area contributed by atoms with Crippen molar-refractivity contribution in [2.24, 2.45) is 10.8 Å². The lowest BCUT2D eigenvalue weighted by molar-refractivity contribution is -0.114. The van der Waals surface area contributed by atoms with E-state index in [1.807, 2.05) is 48.5 Å². The Labute approximate surface area is 147 Å². The third-order valence-electron chi connectivity index (χ3n) is 3.87. The van der Waals surface area contributed by atoms with Gasteiger partial charge in [0.2, 0.25) is 5.13 Å². The highest BCUT2D eigenvalue weighted by molar-refractivity contribution is 7.22. The molecule has 1 aromatic heterocycles. The molecule has 0 spiro atoms. The number of fused-ring (bicyclic) bond motifs is 1. The van der Waals surface area contributed by atoms with Crippen molar-refractivity contribution in [2.45, 2.75) is 0 Å². The van der Waals surface area contributed by atoms with Crippen LogP contribution in [-0.4, -0.2) is 23.7 Å². The maximum absolute atomic E-state index is 12.8. The van der Waals surface area contributed by atoms with Crippen LogP contribution in [0.5, 0.6) is 5.75 Å². The average Bonchev–Trinajstić information content (AvgIpc) is 3.22. The smallest absolute Gasteiger partial charge is 0.284 e. The quantitative estimate of drug-likeness (QED) is 0.737. The van der Waals surface area contributed by atoms with Gasteiger partial charge < -0.3 is 10.5 Å². The highest BCUT2D eigenvalue weighted by Gasteiger charge is 2.34. The van der Waals surface area contributed by atoms with Gasteiger partial charge in [0.05, 0.1) is 22.9 Å². The average molecular weight is 350 g/mol. The number of methoxy groups -OCH3 is 1. The van der Waals surface area contributed by atoms with Crippen molar-refractivity contribution in [3.8, 4) is 5.75 Å². The molecule has 0 radical (unpaired) electrons. The highest BCUT2D eigenvalue weighted by Crippen LogP contribution is 2.34. The van der Waals surface area contributed by atoms with Gasteiger partial charge in [-0.2, -0.15) is 10.1 Å². The summed E-state index contributed by atoms with van der Waals surface area (Å²) >= 11 is 1.41. The predicted molar refractivity (Wildman–Crippen MR) is 98.9 cm³/mol. The number of aromatic nitrogens is 1. The number of hydrogen-bond donors (Lipinski definition) is 1. The predicted octanol–water partition coefficient (Wildman–Crippen LogP) is 2.90. The topological polar surface area (TPSA) is 80.8 Å². The first-order chi connectivity index (χ1) is 12.2. The number of para-hydroxylation sites is 2. The summed E-state index contributed by atoms with van der Waals surface area (Å²) in [5.74, 6) is 0.321. The first kappa shape index (κ1) is 15.3. The minimum atomic E-state index is -0.303. The molecule has 2 aromatic carbocycles. The van der Waals surface area contributed by atoms with E-state index in [-0.39, 0.29) is 5.91 Å². The van der Waals surface area contributed by atoms with Gasteiger partial charge in [-0.15, -0.1) is 0 Å². The Morgan fingerprint density at radius 3 is 2.68 bits per heavy atom. The fourth-order valence-electron chi connectivity index (χ4n) is 2.68. The molecule has 0 fully saturated rings. The molecule has 0 saturated carbocycles. The lowest BCUT2D eigenvalue weighted by Gasteiger charge is -2.07. The van der Waals surface area contributed by atoms with Crippen LogP contribution in [0.4, 0.5) is 5.13 Å². The highest BCUT2D eigenvalue weighted by atomic mass is 32.1. The Kier molecular flexibility index (Phi) is 3.70. The van der Waals surface area contributed by atoms with Gasteiger partial charge in [-0.25, -0.2) is 4.98 Å². The standard InChI is InChI=1S/C18H14N4O2S/c1-24-14-8-4-2-6-11(14)16-12(10-19)17(23)22(21-16)18-20-13-7-3-5-9-15(13)25-18/h2-10H,19H2,1H3. The summed E-state index contributed by atoms with van der Waals surface area (Å²) in [4.78, 5) is 17.3. The van der Waals surface area contributed by atoms with Crippen molar-refractivity contribution >= 4 is 38.3 Å². The molecule has 0 unspecified atom stereocenters. The van der Waals surface area contributed by atoms with Crippen LogP contribution in [0.1, 0.15) is 5.56 Å². The lowest BCUT2D eigenvalue weighted by atomic mass is 10.0. The van der Waals surface area contributed by atoms with E-state index in [2.05, 4.69) is 10.1 Å². The zero-order chi connectivity index (χ0) is 17.4. The molecule has 2 N–H and O–H groups in total. The molecule has 1 aliphatic rings. The van der Waals surface area contributed by atoms with Gasteiger partial charge in [0, 0.05) is 11.8 Å². The molecule has 6 nitrogen and oxygen atoms in total. The van der Waals surface area contributed by atoms with Crippen LogP contribution in [-0.2, 0) is 4.79 Å². The van der Waals surface area contributed by atoms with E-state index in [0.29, 0.717) is 27.7 Å². The molecule has 0 atom stereocenters. The van der Waals surface area contributed by atoms with Gasteiger partial charge in [0.15, 0.2) is 0 Å². The number of benzene rings is 2. The molecule has 7 heteroatoms. The van der Waals surface area contributed by atoms with Gasteiger partial charge in [-0.05, 0) is 24.3 Å². The van der Waals surface area contributed by atoms with Crippen molar-refractivity contribution in [1.29, 1.82) is 0 Å². The number of amides is 1. The van der Waals surface area contributed by atoms with E-state index in [4.69, 9.17) is 10.5 Å². The minimum absolute atomic E-state index is 0.303. The van der Waals surface area contributed by atoms with Crippen LogP contribution in [0.15, 0.2) is 65.4 Å². The van der Waals surface area contributed by atoms with Crippen LogP contribution in [0, 0.1) is 0 Å². The zero-order valence-electron chi connectivity index (χ0n) is 13.3. The molecular formula is C18H14N4O2S. The number of hydrogen-bond acceptors (Lipinski definition) is 6. The third-order valence-corrected chi connectivity index (χ3v) is 4.88. The van der Waals surface area contributed by atoms with Crippen LogP contribution in [0.2, 0.25) is 0 Å². The summed E-state index contributed by atoms with van der Waals surface area (Å²) in [6, 6.07) is 15.1. The molecule has 4 rings (SSSR count). The summed E-state index contributed by atoms with van der Waals surface area (Å²) in [6.07, 6.45) is 1.28. The Bertz CT molecular complexity index is 1010. The number of nitrogens with two attached hydrogens (primary N) is 1. The summed E-state index contributed by atoms with van der Waals surface area (Å²) in [7, 11) is 1.58. The summed E-state index contributed by atoms with van der Waals surface area (Å²) in [5.41, 5.74) is 8.05. The van der Waals surface area contributed by atoms with E-state index < -0.39 is 0 Å².